The third-order valence-corrected chi connectivity index (χ3v) is 3.41. The predicted octanol–water partition coefficient (Wildman–Crippen LogP) is 4.23. The van der Waals surface area contributed by atoms with Crippen LogP contribution in [0.2, 0.25) is 0 Å². The number of hydrogen-bond donors (Lipinski definition) is 0. The second-order valence-corrected chi connectivity index (χ2v) is 5.55. The van der Waals surface area contributed by atoms with Crippen molar-refractivity contribution in [3.8, 4) is 5.75 Å². The molecule has 0 fully saturated rings. The normalized spacial score (nSPS) is 15.9. The average Bonchev–Trinajstić information content (AvgIpc) is 2.34. The first kappa shape index (κ1) is 12.0. The van der Waals surface area contributed by atoms with Crippen LogP contribution < -0.4 is 4.74 Å². The van der Waals surface area contributed by atoms with Crippen LogP contribution in [0.3, 0.4) is 0 Å². The van der Waals surface area contributed by atoms with E-state index in [4.69, 9.17) is 4.74 Å². The summed E-state index contributed by atoms with van der Waals surface area (Å²) in [5, 5.41) is 2.16. The molecule has 0 saturated heterocycles. The lowest BCUT2D eigenvalue weighted by atomic mass is 9.98. The number of hydrogen-bond acceptors (Lipinski definition) is 2. The lowest BCUT2D eigenvalue weighted by Crippen LogP contribution is -2.27. The summed E-state index contributed by atoms with van der Waals surface area (Å²) in [5.41, 5.74) is 1.54. The number of benzene rings is 2. The van der Waals surface area contributed by atoms with Gasteiger partial charge in [0.15, 0.2) is 5.78 Å². The Morgan fingerprint density at radius 2 is 1.89 bits per heavy atom. The summed E-state index contributed by atoms with van der Waals surface area (Å²) in [4.78, 5) is 11.4. The zero-order chi connectivity index (χ0) is 13.6. The number of rotatable bonds is 1. The van der Waals surface area contributed by atoms with Crippen LogP contribution in [0.15, 0.2) is 36.4 Å². The molecule has 0 bridgehead atoms. The maximum Gasteiger partial charge on any atom is 0.159 e. The van der Waals surface area contributed by atoms with Gasteiger partial charge >= 0.3 is 0 Å². The van der Waals surface area contributed by atoms with Crippen molar-refractivity contribution in [2.24, 2.45) is 0 Å². The van der Waals surface area contributed by atoms with E-state index in [0.717, 1.165) is 27.6 Å². The van der Waals surface area contributed by atoms with Gasteiger partial charge in [-0.25, -0.2) is 0 Å². The monoisotopic (exact) mass is 252 g/mol. The van der Waals surface area contributed by atoms with E-state index in [9.17, 15) is 4.79 Å². The summed E-state index contributed by atoms with van der Waals surface area (Å²) in [5.74, 6) is 0.989. The van der Waals surface area contributed by atoms with E-state index >= 15 is 0 Å². The van der Waals surface area contributed by atoms with Crippen molar-refractivity contribution in [1.82, 2.24) is 0 Å². The van der Waals surface area contributed by atoms with Crippen molar-refractivity contribution in [2.45, 2.75) is 26.4 Å². The molecule has 2 aromatic rings. The minimum Gasteiger partial charge on any atom is -0.483 e. The van der Waals surface area contributed by atoms with Crippen LogP contribution in [0.25, 0.3) is 16.8 Å². The van der Waals surface area contributed by atoms with Crippen molar-refractivity contribution >= 4 is 22.6 Å². The van der Waals surface area contributed by atoms with E-state index in [1.54, 1.807) is 6.92 Å². The molecular formula is C17H16O2. The van der Waals surface area contributed by atoms with Gasteiger partial charge in [-0.05, 0) is 55.8 Å². The summed E-state index contributed by atoms with van der Waals surface area (Å²) >= 11 is 0. The van der Waals surface area contributed by atoms with Gasteiger partial charge in [0.2, 0.25) is 0 Å². The zero-order valence-corrected chi connectivity index (χ0v) is 11.4. The van der Waals surface area contributed by atoms with Gasteiger partial charge in [0, 0.05) is 11.1 Å². The fraction of sp³-hybridized carbons (Fsp3) is 0.235. The first-order chi connectivity index (χ1) is 8.94. The zero-order valence-electron chi connectivity index (χ0n) is 11.4. The molecule has 0 amide bonds. The quantitative estimate of drug-likeness (QED) is 0.710. The van der Waals surface area contributed by atoms with Crippen molar-refractivity contribution in [3.63, 3.8) is 0 Å². The highest BCUT2D eigenvalue weighted by Gasteiger charge is 2.21. The van der Waals surface area contributed by atoms with Crippen LogP contribution >= 0.6 is 0 Å². The van der Waals surface area contributed by atoms with E-state index in [1.807, 2.05) is 38.1 Å². The van der Waals surface area contributed by atoms with Gasteiger partial charge in [-0.15, -0.1) is 0 Å². The van der Waals surface area contributed by atoms with Crippen molar-refractivity contribution < 1.29 is 9.53 Å². The fourth-order valence-electron chi connectivity index (χ4n) is 2.34. The van der Waals surface area contributed by atoms with Gasteiger partial charge in [-0.2, -0.15) is 0 Å². The first-order valence-electron chi connectivity index (χ1n) is 6.42. The molecule has 3 rings (SSSR count). The smallest absolute Gasteiger partial charge is 0.159 e. The standard InChI is InChI=1S/C17H16O2/c1-11(18)12-4-5-13-10-16-14(9-15(13)8-12)6-7-17(2,3)19-16/h4-10H,1-3H3. The van der Waals surface area contributed by atoms with Crippen LogP contribution in [0.4, 0.5) is 0 Å². The van der Waals surface area contributed by atoms with Crippen LogP contribution in [-0.2, 0) is 0 Å². The molecule has 0 saturated carbocycles. The molecule has 1 heterocycles. The minimum absolute atomic E-state index is 0.0903. The van der Waals surface area contributed by atoms with Gasteiger partial charge in [0.25, 0.3) is 0 Å². The molecule has 2 nitrogen and oxygen atoms in total. The van der Waals surface area contributed by atoms with E-state index in [2.05, 4.69) is 18.2 Å². The third kappa shape index (κ3) is 2.14. The summed E-state index contributed by atoms with van der Waals surface area (Å²) in [6.45, 7) is 5.66. The summed E-state index contributed by atoms with van der Waals surface area (Å²) < 4.78 is 5.95. The lowest BCUT2D eigenvalue weighted by molar-refractivity contribution is 0.101. The van der Waals surface area contributed by atoms with Crippen LogP contribution in [0, 0.1) is 0 Å². The second-order valence-electron chi connectivity index (χ2n) is 5.55. The molecule has 0 radical (unpaired) electrons. The van der Waals surface area contributed by atoms with E-state index in [1.165, 1.54) is 0 Å². The van der Waals surface area contributed by atoms with Gasteiger partial charge in [-0.3, -0.25) is 4.79 Å². The molecule has 1 aliphatic heterocycles. The molecule has 0 unspecified atom stereocenters. The Morgan fingerprint density at radius 3 is 2.63 bits per heavy atom. The number of fused-ring (bicyclic) bond motifs is 2. The Hall–Kier alpha value is -2.09. The Bertz CT molecular complexity index is 709. The molecule has 0 aliphatic carbocycles. The van der Waals surface area contributed by atoms with E-state index < -0.39 is 0 Å². The number of Topliss-reactive ketones (excluding diaryl/α,β-unsaturated/α-hetero) is 1. The number of ketones is 1. The molecule has 2 heteroatoms. The topological polar surface area (TPSA) is 26.3 Å². The summed E-state index contributed by atoms with van der Waals surface area (Å²) in [6.07, 6.45) is 4.13. The molecule has 2 aromatic carbocycles. The highest BCUT2D eigenvalue weighted by atomic mass is 16.5. The third-order valence-electron chi connectivity index (χ3n) is 3.41. The Morgan fingerprint density at radius 1 is 1.11 bits per heavy atom. The highest BCUT2D eigenvalue weighted by molar-refractivity contribution is 5.99. The number of carbonyl (C=O) groups is 1. The first-order valence-corrected chi connectivity index (χ1v) is 6.42. The highest BCUT2D eigenvalue weighted by Crippen LogP contribution is 2.34. The molecule has 0 N–H and O–H groups in total. The molecule has 0 atom stereocenters. The Balaban J connectivity index is 2.18. The lowest BCUT2D eigenvalue weighted by Gasteiger charge is -2.28. The maximum atomic E-state index is 11.4. The molecule has 19 heavy (non-hydrogen) atoms. The largest absolute Gasteiger partial charge is 0.483 e. The fourth-order valence-corrected chi connectivity index (χ4v) is 2.34. The van der Waals surface area contributed by atoms with Crippen molar-refractivity contribution in [1.29, 1.82) is 0 Å². The summed E-state index contributed by atoms with van der Waals surface area (Å²) in [7, 11) is 0. The molecule has 0 spiro atoms. The van der Waals surface area contributed by atoms with Crippen LogP contribution in [-0.4, -0.2) is 11.4 Å². The van der Waals surface area contributed by atoms with Gasteiger partial charge in [0.05, 0.1) is 0 Å². The minimum atomic E-state index is -0.264. The number of carbonyl (C=O) groups excluding carboxylic acids is 1. The van der Waals surface area contributed by atoms with Crippen LogP contribution in [0.1, 0.15) is 36.7 Å². The SMILES string of the molecule is CC(=O)c1ccc2cc3c(cc2c1)C=CC(C)(C)O3. The van der Waals surface area contributed by atoms with Gasteiger partial charge in [-0.1, -0.05) is 18.2 Å². The molecule has 1 aliphatic rings. The van der Waals surface area contributed by atoms with E-state index in [0.29, 0.717) is 0 Å². The molecular weight excluding hydrogens is 236 g/mol. The van der Waals surface area contributed by atoms with E-state index in [-0.39, 0.29) is 11.4 Å². The Labute approximate surface area is 112 Å². The Kier molecular flexibility index (Phi) is 2.49. The predicted molar refractivity (Wildman–Crippen MR) is 77.7 cm³/mol. The molecule has 0 aromatic heterocycles. The maximum absolute atomic E-state index is 11.4. The number of ether oxygens (including phenoxy) is 1. The van der Waals surface area contributed by atoms with Gasteiger partial charge in [0.1, 0.15) is 11.4 Å². The van der Waals surface area contributed by atoms with Crippen molar-refractivity contribution in [3.05, 3.63) is 47.5 Å². The van der Waals surface area contributed by atoms with Crippen molar-refractivity contribution in [2.75, 3.05) is 0 Å². The van der Waals surface area contributed by atoms with Crippen LogP contribution in [0.5, 0.6) is 5.75 Å². The molecule has 96 valence electrons. The summed E-state index contributed by atoms with van der Waals surface area (Å²) in [6, 6.07) is 9.89. The average molecular weight is 252 g/mol. The van der Waals surface area contributed by atoms with Gasteiger partial charge < -0.3 is 4.74 Å². The second kappa shape index (κ2) is 3.95.